The number of carbonyl (C=O) groups is 1. The number of likely N-dealkylation sites (N-methyl/N-ethyl adjacent to an activating group) is 1. The van der Waals surface area contributed by atoms with Crippen molar-refractivity contribution in [3.8, 4) is 0 Å². The summed E-state index contributed by atoms with van der Waals surface area (Å²) in [5.41, 5.74) is 0.464. The van der Waals surface area contributed by atoms with Crippen LogP contribution in [0.25, 0.3) is 0 Å². The normalized spacial score (nSPS) is 31.2. The number of nitrogens with zero attached hydrogens (tertiary/aromatic N) is 1. The first kappa shape index (κ1) is 18.1. The van der Waals surface area contributed by atoms with Crippen LogP contribution in [0.1, 0.15) is 13.8 Å². The van der Waals surface area contributed by atoms with Crippen molar-refractivity contribution in [3.63, 3.8) is 0 Å². The van der Waals surface area contributed by atoms with Crippen LogP contribution in [0.4, 0.5) is 14.9 Å². The van der Waals surface area contributed by atoms with Gasteiger partial charge in [0, 0.05) is 5.69 Å². The summed E-state index contributed by atoms with van der Waals surface area (Å²) in [6.45, 7) is 5.80. The third-order valence-corrected chi connectivity index (χ3v) is 4.76. The minimum absolute atomic E-state index is 0.320. The fraction of sp³-hybridized carbons (Fsp3) is 0.588. The number of ether oxygens (including phenoxy) is 2. The van der Waals surface area contributed by atoms with Crippen molar-refractivity contribution >= 4 is 11.7 Å². The van der Waals surface area contributed by atoms with Crippen molar-refractivity contribution in [2.24, 2.45) is 0 Å². The Labute approximate surface area is 146 Å². The van der Waals surface area contributed by atoms with Gasteiger partial charge in [0.05, 0.1) is 24.8 Å². The molecule has 3 rings (SSSR count). The van der Waals surface area contributed by atoms with E-state index in [4.69, 9.17) is 9.47 Å². The summed E-state index contributed by atoms with van der Waals surface area (Å²) < 4.78 is 24.4. The summed E-state index contributed by atoms with van der Waals surface area (Å²) in [6.07, 6.45) is -1.70. The van der Waals surface area contributed by atoms with Crippen LogP contribution in [0.15, 0.2) is 24.3 Å². The van der Waals surface area contributed by atoms with E-state index in [9.17, 15) is 14.3 Å². The first-order chi connectivity index (χ1) is 12.0. The van der Waals surface area contributed by atoms with Crippen molar-refractivity contribution in [2.45, 2.75) is 44.4 Å². The third-order valence-electron chi connectivity index (χ3n) is 4.76. The van der Waals surface area contributed by atoms with Gasteiger partial charge >= 0.3 is 6.03 Å². The Balaban J connectivity index is 1.68. The maximum atomic E-state index is 12.9. The molecule has 0 spiro atoms. The Hall–Kier alpha value is -1.74. The Morgan fingerprint density at radius 1 is 1.32 bits per heavy atom. The fourth-order valence-electron chi connectivity index (χ4n) is 3.46. The molecule has 0 aliphatic carbocycles. The van der Waals surface area contributed by atoms with Crippen LogP contribution < -0.4 is 10.6 Å². The monoisotopic (exact) mass is 353 g/mol. The molecule has 0 saturated carbocycles. The standard InChI is InChI=1S/C17H24FN3O4/c1-3-21(4-2)14-15(22)13(12-9-24-16(14)25-12)20-17(23)19-11-7-5-10(18)6-8-11/h5-8,12-16,22H,3-4,9H2,1-2H3,(H2,19,20,23). The van der Waals surface area contributed by atoms with Gasteiger partial charge in [-0.25, -0.2) is 9.18 Å². The number of benzene rings is 1. The lowest BCUT2D eigenvalue weighted by atomic mass is 9.95. The molecule has 1 aromatic carbocycles. The molecule has 3 N–H and O–H groups in total. The smallest absolute Gasteiger partial charge is 0.319 e. The van der Waals surface area contributed by atoms with Gasteiger partial charge in [0.25, 0.3) is 0 Å². The van der Waals surface area contributed by atoms with Crippen molar-refractivity contribution in [1.29, 1.82) is 0 Å². The zero-order valence-electron chi connectivity index (χ0n) is 14.3. The number of aliphatic hydroxyl groups is 1. The number of urea groups is 1. The maximum absolute atomic E-state index is 12.9. The molecule has 25 heavy (non-hydrogen) atoms. The van der Waals surface area contributed by atoms with Gasteiger partial charge in [-0.3, -0.25) is 4.90 Å². The first-order valence-electron chi connectivity index (χ1n) is 8.55. The summed E-state index contributed by atoms with van der Waals surface area (Å²) in [7, 11) is 0. The molecule has 2 saturated heterocycles. The van der Waals surface area contributed by atoms with Gasteiger partial charge in [-0.2, -0.15) is 0 Å². The molecule has 8 heteroatoms. The zero-order valence-corrected chi connectivity index (χ0v) is 14.3. The highest BCUT2D eigenvalue weighted by Gasteiger charge is 2.52. The highest BCUT2D eigenvalue weighted by Crippen LogP contribution is 2.31. The largest absolute Gasteiger partial charge is 0.389 e. The second kappa shape index (κ2) is 7.65. The molecule has 5 atom stereocenters. The van der Waals surface area contributed by atoms with E-state index in [-0.39, 0.29) is 11.9 Å². The minimum atomic E-state index is -0.815. The van der Waals surface area contributed by atoms with E-state index >= 15 is 0 Å². The highest BCUT2D eigenvalue weighted by molar-refractivity contribution is 5.89. The van der Waals surface area contributed by atoms with E-state index in [2.05, 4.69) is 15.5 Å². The molecule has 7 nitrogen and oxygen atoms in total. The molecule has 5 unspecified atom stereocenters. The van der Waals surface area contributed by atoms with Crippen LogP contribution in [0.5, 0.6) is 0 Å². The maximum Gasteiger partial charge on any atom is 0.319 e. The number of hydrogen-bond donors (Lipinski definition) is 3. The first-order valence-corrected chi connectivity index (χ1v) is 8.55. The Kier molecular flexibility index (Phi) is 5.53. The Morgan fingerprint density at radius 2 is 2.00 bits per heavy atom. The van der Waals surface area contributed by atoms with Gasteiger partial charge in [0.2, 0.25) is 0 Å². The number of amides is 2. The number of aliphatic hydroxyl groups excluding tert-OH is 1. The summed E-state index contributed by atoms with van der Waals surface area (Å²) in [4.78, 5) is 14.3. The summed E-state index contributed by atoms with van der Waals surface area (Å²) in [6, 6.07) is 4.05. The van der Waals surface area contributed by atoms with Crippen molar-refractivity contribution < 1.29 is 23.8 Å². The van der Waals surface area contributed by atoms with Crippen molar-refractivity contribution in [2.75, 3.05) is 25.0 Å². The average molecular weight is 353 g/mol. The molecular weight excluding hydrogens is 329 g/mol. The lowest BCUT2D eigenvalue weighted by Crippen LogP contribution is -2.65. The predicted molar refractivity (Wildman–Crippen MR) is 89.7 cm³/mol. The second-order valence-corrected chi connectivity index (χ2v) is 6.21. The molecule has 1 aromatic rings. The number of hydrogen-bond acceptors (Lipinski definition) is 5. The van der Waals surface area contributed by atoms with Gasteiger partial charge in [0.15, 0.2) is 6.29 Å². The number of anilines is 1. The van der Waals surface area contributed by atoms with Gasteiger partial charge in [0.1, 0.15) is 11.9 Å². The summed E-state index contributed by atoms with van der Waals surface area (Å²) >= 11 is 0. The van der Waals surface area contributed by atoms with Crippen molar-refractivity contribution in [1.82, 2.24) is 10.2 Å². The minimum Gasteiger partial charge on any atom is -0.389 e. The number of rotatable bonds is 5. The fourth-order valence-corrected chi connectivity index (χ4v) is 3.46. The van der Waals surface area contributed by atoms with Crippen LogP contribution in [0.3, 0.4) is 0 Å². The van der Waals surface area contributed by atoms with Gasteiger partial charge in [-0.1, -0.05) is 13.8 Å². The topological polar surface area (TPSA) is 83.1 Å². The third kappa shape index (κ3) is 3.77. The van der Waals surface area contributed by atoms with E-state index in [0.29, 0.717) is 12.3 Å². The van der Waals surface area contributed by atoms with Crippen LogP contribution in [0.2, 0.25) is 0 Å². The lowest BCUT2D eigenvalue weighted by Gasteiger charge is -2.43. The molecule has 2 aliphatic heterocycles. The zero-order chi connectivity index (χ0) is 18.0. The SMILES string of the molecule is CCN(CC)C1C2OCC(O2)C(NC(=O)Nc2ccc(F)cc2)C1O. The second-order valence-electron chi connectivity index (χ2n) is 6.21. The summed E-state index contributed by atoms with van der Waals surface area (Å²) in [5.74, 6) is -0.377. The van der Waals surface area contributed by atoms with Gasteiger partial charge < -0.3 is 25.2 Å². The number of nitrogens with one attached hydrogen (secondary N) is 2. The molecule has 2 bridgehead atoms. The highest BCUT2D eigenvalue weighted by atomic mass is 19.1. The predicted octanol–water partition coefficient (Wildman–Crippen LogP) is 1.14. The average Bonchev–Trinajstić information content (AvgIpc) is 3.03. The van der Waals surface area contributed by atoms with Crippen LogP contribution in [-0.4, -0.2) is 66.3 Å². The van der Waals surface area contributed by atoms with E-state index < -0.39 is 30.6 Å². The van der Waals surface area contributed by atoms with E-state index in [1.54, 1.807) is 0 Å². The molecule has 2 aliphatic rings. The quantitative estimate of drug-likeness (QED) is 0.740. The van der Waals surface area contributed by atoms with Crippen LogP contribution in [0, 0.1) is 5.82 Å². The van der Waals surface area contributed by atoms with Crippen molar-refractivity contribution in [3.05, 3.63) is 30.1 Å². The van der Waals surface area contributed by atoms with Gasteiger partial charge in [-0.05, 0) is 37.4 Å². The molecule has 2 fully saturated rings. The molecule has 2 heterocycles. The van der Waals surface area contributed by atoms with Crippen LogP contribution in [-0.2, 0) is 9.47 Å². The Bertz CT molecular complexity index is 594. The molecule has 0 radical (unpaired) electrons. The lowest BCUT2D eigenvalue weighted by molar-refractivity contribution is -0.179. The van der Waals surface area contributed by atoms with E-state index in [1.165, 1.54) is 24.3 Å². The molecule has 2 amide bonds. The Morgan fingerprint density at radius 3 is 2.64 bits per heavy atom. The van der Waals surface area contributed by atoms with Gasteiger partial charge in [-0.15, -0.1) is 0 Å². The molecule has 0 aromatic heterocycles. The van der Waals surface area contributed by atoms with E-state index in [0.717, 1.165) is 13.1 Å². The summed E-state index contributed by atoms with van der Waals surface area (Å²) in [5, 5.41) is 16.2. The van der Waals surface area contributed by atoms with E-state index in [1.807, 2.05) is 13.8 Å². The molecular formula is C17H24FN3O4. The molecule has 138 valence electrons. The number of fused-ring (bicyclic) bond motifs is 2. The number of carbonyl (C=O) groups excluding carboxylic acids is 1. The number of halogens is 1. The van der Waals surface area contributed by atoms with Crippen LogP contribution >= 0.6 is 0 Å².